The molecule has 0 amide bonds. The number of nitrogens with one attached hydrogen (secondary N) is 2. The van der Waals surface area contributed by atoms with Crippen LogP contribution in [0.2, 0.25) is 0 Å². The van der Waals surface area contributed by atoms with Gasteiger partial charge in [-0.15, -0.1) is 0 Å². The van der Waals surface area contributed by atoms with Crippen LogP contribution in [0.15, 0.2) is 24.3 Å². The molecule has 1 aromatic carbocycles. The molecule has 5 nitrogen and oxygen atoms in total. The maximum Gasteiger partial charge on any atom is 0.202 e. The minimum absolute atomic E-state index is 0.824. The van der Waals surface area contributed by atoms with Crippen LogP contribution in [0.5, 0.6) is 0 Å². The van der Waals surface area contributed by atoms with Crippen molar-refractivity contribution in [1.29, 1.82) is 0 Å². The highest BCUT2D eigenvalue weighted by Crippen LogP contribution is 2.12. The van der Waals surface area contributed by atoms with Crippen molar-refractivity contribution in [3.63, 3.8) is 0 Å². The van der Waals surface area contributed by atoms with E-state index in [0.29, 0.717) is 0 Å². The van der Waals surface area contributed by atoms with E-state index < -0.39 is 0 Å². The largest absolute Gasteiger partial charge is 0.360 e. The molecule has 2 aromatic heterocycles. The highest BCUT2D eigenvalue weighted by atomic mass is 32.1. The Morgan fingerprint density at radius 2 is 2.16 bits per heavy atom. The highest BCUT2D eigenvalue weighted by molar-refractivity contribution is 7.09. The molecule has 0 saturated heterocycles. The van der Waals surface area contributed by atoms with Crippen LogP contribution in [0.25, 0.3) is 11.0 Å². The Balaban J connectivity index is 1.52. The minimum atomic E-state index is 0.824. The van der Waals surface area contributed by atoms with Gasteiger partial charge in [0, 0.05) is 24.5 Å². The molecule has 0 aliphatic carbocycles. The Morgan fingerprint density at radius 3 is 2.95 bits per heavy atom. The van der Waals surface area contributed by atoms with Crippen molar-refractivity contribution in [2.75, 3.05) is 11.9 Å². The average molecular weight is 273 g/mol. The number of hydrogen-bond donors (Lipinski definition) is 2. The van der Waals surface area contributed by atoms with E-state index in [1.54, 1.807) is 0 Å². The lowest BCUT2D eigenvalue weighted by molar-refractivity contribution is 0.819. The molecule has 3 rings (SSSR count). The number of nitrogens with zero attached hydrogens (tertiary/aromatic N) is 3. The van der Waals surface area contributed by atoms with Gasteiger partial charge in [-0.3, -0.25) is 0 Å². The number of H-pyrrole nitrogens is 1. The smallest absolute Gasteiger partial charge is 0.202 e. The first-order chi connectivity index (χ1) is 9.31. The van der Waals surface area contributed by atoms with E-state index in [1.165, 1.54) is 11.5 Å². The number of hydrogen-bond acceptors (Lipinski definition) is 5. The molecule has 0 radical (unpaired) electrons. The molecular weight excluding hydrogens is 258 g/mol. The van der Waals surface area contributed by atoms with Crippen LogP contribution in [0.1, 0.15) is 18.1 Å². The monoisotopic (exact) mass is 273 g/mol. The molecule has 0 spiro atoms. The summed E-state index contributed by atoms with van der Waals surface area (Å²) in [6.07, 6.45) is 1.94. The van der Waals surface area contributed by atoms with Crippen molar-refractivity contribution in [3.05, 3.63) is 35.9 Å². The third-order valence-electron chi connectivity index (χ3n) is 2.83. The zero-order valence-corrected chi connectivity index (χ0v) is 11.5. The Morgan fingerprint density at radius 1 is 1.26 bits per heavy atom. The molecule has 19 heavy (non-hydrogen) atoms. The van der Waals surface area contributed by atoms with Crippen LogP contribution >= 0.6 is 11.5 Å². The van der Waals surface area contributed by atoms with E-state index >= 15 is 0 Å². The van der Waals surface area contributed by atoms with E-state index in [9.17, 15) is 0 Å². The Labute approximate surface area is 115 Å². The molecule has 0 aliphatic heterocycles. The Kier molecular flexibility index (Phi) is 3.41. The minimum Gasteiger partial charge on any atom is -0.360 e. The lowest BCUT2D eigenvalue weighted by atomic mass is 10.3. The molecule has 2 N–H and O–H groups in total. The van der Waals surface area contributed by atoms with Crippen LogP contribution in [0.4, 0.5) is 5.13 Å². The SMILES string of the molecule is Cc1nsc(NCCCc2nc3ccccc3[nH]2)n1. The third kappa shape index (κ3) is 2.90. The summed E-state index contributed by atoms with van der Waals surface area (Å²) in [4.78, 5) is 12.1. The number of rotatable bonds is 5. The van der Waals surface area contributed by atoms with Crippen LogP contribution in [-0.2, 0) is 6.42 Å². The van der Waals surface area contributed by atoms with Gasteiger partial charge < -0.3 is 10.3 Å². The maximum atomic E-state index is 4.55. The molecule has 0 atom stereocenters. The number of fused-ring (bicyclic) bond motifs is 1. The molecule has 0 aliphatic rings. The van der Waals surface area contributed by atoms with Crippen molar-refractivity contribution in [1.82, 2.24) is 19.3 Å². The summed E-state index contributed by atoms with van der Waals surface area (Å²) in [6.45, 7) is 2.78. The summed E-state index contributed by atoms with van der Waals surface area (Å²) < 4.78 is 4.13. The van der Waals surface area contributed by atoms with Crippen LogP contribution in [0, 0.1) is 6.92 Å². The lowest BCUT2D eigenvalue weighted by Crippen LogP contribution is -2.03. The normalized spacial score (nSPS) is 11.0. The lowest BCUT2D eigenvalue weighted by Gasteiger charge is -1.99. The molecule has 98 valence electrons. The number of para-hydroxylation sites is 2. The van der Waals surface area contributed by atoms with Gasteiger partial charge in [0.25, 0.3) is 0 Å². The highest BCUT2D eigenvalue weighted by Gasteiger charge is 2.02. The fourth-order valence-electron chi connectivity index (χ4n) is 1.94. The van der Waals surface area contributed by atoms with Crippen molar-refractivity contribution < 1.29 is 0 Å². The maximum absolute atomic E-state index is 4.55. The summed E-state index contributed by atoms with van der Waals surface area (Å²) in [5.41, 5.74) is 2.13. The van der Waals surface area contributed by atoms with Gasteiger partial charge in [0.2, 0.25) is 5.13 Å². The number of anilines is 1. The standard InChI is InChI=1S/C13H15N5S/c1-9-15-13(19-18-9)14-8-4-7-12-16-10-5-2-3-6-11(10)17-12/h2-3,5-6H,4,7-8H2,1H3,(H,16,17)(H,14,15,18). The summed E-state index contributed by atoms with van der Waals surface area (Å²) in [7, 11) is 0. The molecular formula is C13H15N5S. The van der Waals surface area contributed by atoms with E-state index in [0.717, 1.165) is 47.2 Å². The second kappa shape index (κ2) is 5.36. The molecule has 0 bridgehead atoms. The second-order valence-electron chi connectivity index (χ2n) is 4.38. The van der Waals surface area contributed by atoms with E-state index in [2.05, 4.69) is 24.6 Å². The van der Waals surface area contributed by atoms with Gasteiger partial charge in [-0.1, -0.05) is 12.1 Å². The fourth-order valence-corrected chi connectivity index (χ4v) is 2.54. The number of aryl methyl sites for hydroxylation is 2. The summed E-state index contributed by atoms with van der Waals surface area (Å²) in [6, 6.07) is 8.10. The molecule has 6 heteroatoms. The van der Waals surface area contributed by atoms with Crippen molar-refractivity contribution >= 4 is 27.7 Å². The first-order valence-corrected chi connectivity index (χ1v) is 7.06. The third-order valence-corrected chi connectivity index (χ3v) is 3.60. The van der Waals surface area contributed by atoms with Crippen molar-refractivity contribution in [2.45, 2.75) is 19.8 Å². The summed E-state index contributed by atoms with van der Waals surface area (Å²) in [5.74, 6) is 1.86. The van der Waals surface area contributed by atoms with E-state index in [1.807, 2.05) is 31.2 Å². The van der Waals surface area contributed by atoms with Crippen molar-refractivity contribution in [2.24, 2.45) is 0 Å². The Hall–Kier alpha value is -1.95. The number of benzene rings is 1. The molecule has 0 unspecified atom stereocenters. The first kappa shape index (κ1) is 12.1. The fraction of sp³-hybridized carbons (Fsp3) is 0.308. The Bertz CT molecular complexity index is 639. The quantitative estimate of drug-likeness (QED) is 0.701. The zero-order valence-electron chi connectivity index (χ0n) is 10.7. The van der Waals surface area contributed by atoms with Crippen molar-refractivity contribution in [3.8, 4) is 0 Å². The number of imidazole rings is 1. The predicted molar refractivity (Wildman–Crippen MR) is 77.6 cm³/mol. The molecule has 0 fully saturated rings. The first-order valence-electron chi connectivity index (χ1n) is 6.29. The van der Waals surface area contributed by atoms with E-state index in [4.69, 9.17) is 0 Å². The van der Waals surface area contributed by atoms with Gasteiger partial charge in [-0.05, 0) is 25.5 Å². The van der Waals surface area contributed by atoms with Gasteiger partial charge in [0.15, 0.2) is 0 Å². The van der Waals surface area contributed by atoms with Crippen LogP contribution < -0.4 is 5.32 Å². The number of aromatic amines is 1. The van der Waals surface area contributed by atoms with Crippen LogP contribution in [-0.4, -0.2) is 25.9 Å². The number of aromatic nitrogens is 4. The molecule has 0 saturated carbocycles. The van der Waals surface area contributed by atoms with Crippen LogP contribution in [0.3, 0.4) is 0 Å². The second-order valence-corrected chi connectivity index (χ2v) is 5.13. The molecule has 2 heterocycles. The van der Waals surface area contributed by atoms with E-state index in [-0.39, 0.29) is 0 Å². The van der Waals surface area contributed by atoms with Gasteiger partial charge in [0.05, 0.1) is 11.0 Å². The van der Waals surface area contributed by atoms with Gasteiger partial charge in [0.1, 0.15) is 11.6 Å². The molecule has 3 aromatic rings. The average Bonchev–Trinajstić information content (AvgIpc) is 3.00. The van der Waals surface area contributed by atoms with Gasteiger partial charge >= 0.3 is 0 Å². The summed E-state index contributed by atoms with van der Waals surface area (Å²) >= 11 is 1.40. The topological polar surface area (TPSA) is 66.5 Å². The predicted octanol–water partition coefficient (Wildman–Crippen LogP) is 2.77. The van der Waals surface area contributed by atoms with Gasteiger partial charge in [-0.2, -0.15) is 4.37 Å². The van der Waals surface area contributed by atoms with Gasteiger partial charge in [-0.25, -0.2) is 9.97 Å². The summed E-state index contributed by atoms with van der Waals surface area (Å²) in [5, 5.41) is 4.16. The zero-order chi connectivity index (χ0) is 13.1.